The highest BCUT2D eigenvalue weighted by molar-refractivity contribution is 6.30. The van der Waals surface area contributed by atoms with Crippen LogP contribution >= 0.6 is 11.6 Å². The van der Waals surface area contributed by atoms with Crippen LogP contribution in [0, 0.1) is 5.92 Å². The molecule has 1 aliphatic carbocycles. The highest BCUT2D eigenvalue weighted by Gasteiger charge is 2.27. The topological polar surface area (TPSA) is 55.4 Å². The van der Waals surface area contributed by atoms with E-state index in [1.807, 2.05) is 0 Å². The predicted molar refractivity (Wildman–Crippen MR) is 77.6 cm³/mol. The van der Waals surface area contributed by atoms with Gasteiger partial charge in [-0.05, 0) is 44.0 Å². The lowest BCUT2D eigenvalue weighted by molar-refractivity contribution is -0.157. The van der Waals surface area contributed by atoms with Crippen molar-refractivity contribution in [2.75, 3.05) is 5.32 Å². The van der Waals surface area contributed by atoms with Gasteiger partial charge in [-0.15, -0.1) is 0 Å². The molecule has 1 aromatic rings. The zero-order valence-electron chi connectivity index (χ0n) is 11.4. The number of hydrogen-bond donors (Lipinski definition) is 1. The fourth-order valence-corrected chi connectivity index (χ4v) is 2.39. The van der Waals surface area contributed by atoms with E-state index < -0.39 is 6.10 Å². The van der Waals surface area contributed by atoms with Gasteiger partial charge in [0.1, 0.15) is 0 Å². The van der Waals surface area contributed by atoms with Crippen LogP contribution in [0.15, 0.2) is 24.3 Å². The van der Waals surface area contributed by atoms with Crippen molar-refractivity contribution in [2.24, 2.45) is 5.92 Å². The smallest absolute Gasteiger partial charge is 0.309 e. The van der Waals surface area contributed by atoms with Crippen LogP contribution in [0.5, 0.6) is 0 Å². The summed E-state index contributed by atoms with van der Waals surface area (Å²) < 4.78 is 5.21. The second-order valence-electron chi connectivity index (χ2n) is 5.06. The SMILES string of the molecule is C[C@@H](OC(=O)C1CCCC1)C(=O)Nc1ccc(Cl)cc1. The van der Waals surface area contributed by atoms with Gasteiger partial charge in [0.25, 0.3) is 5.91 Å². The van der Waals surface area contributed by atoms with Crippen LogP contribution in [0.25, 0.3) is 0 Å². The maximum Gasteiger partial charge on any atom is 0.309 e. The first-order chi connectivity index (χ1) is 9.56. The quantitative estimate of drug-likeness (QED) is 0.866. The van der Waals surface area contributed by atoms with Gasteiger partial charge in [0.15, 0.2) is 6.10 Å². The minimum atomic E-state index is -0.793. The molecule has 0 unspecified atom stereocenters. The minimum Gasteiger partial charge on any atom is -0.452 e. The highest BCUT2D eigenvalue weighted by atomic mass is 35.5. The summed E-state index contributed by atoms with van der Waals surface area (Å²) >= 11 is 5.77. The number of benzene rings is 1. The van der Waals surface area contributed by atoms with Gasteiger partial charge in [-0.1, -0.05) is 24.4 Å². The van der Waals surface area contributed by atoms with Gasteiger partial charge in [-0.2, -0.15) is 0 Å². The van der Waals surface area contributed by atoms with Crippen molar-refractivity contribution in [3.63, 3.8) is 0 Å². The lowest BCUT2D eigenvalue weighted by Gasteiger charge is -2.16. The van der Waals surface area contributed by atoms with E-state index in [9.17, 15) is 9.59 Å². The van der Waals surface area contributed by atoms with E-state index in [0.29, 0.717) is 10.7 Å². The van der Waals surface area contributed by atoms with Crippen molar-refractivity contribution in [3.8, 4) is 0 Å². The van der Waals surface area contributed by atoms with E-state index >= 15 is 0 Å². The Labute approximate surface area is 123 Å². The molecule has 1 aromatic carbocycles. The number of halogens is 1. The van der Waals surface area contributed by atoms with Gasteiger partial charge in [-0.3, -0.25) is 9.59 Å². The number of amides is 1. The van der Waals surface area contributed by atoms with E-state index in [-0.39, 0.29) is 17.8 Å². The molecule has 0 spiro atoms. The van der Waals surface area contributed by atoms with Gasteiger partial charge in [0.05, 0.1) is 5.92 Å². The molecule has 0 radical (unpaired) electrons. The summed E-state index contributed by atoms with van der Waals surface area (Å²) in [5.74, 6) is -0.638. The number of hydrogen-bond acceptors (Lipinski definition) is 3. The second-order valence-corrected chi connectivity index (χ2v) is 5.49. The normalized spacial score (nSPS) is 16.7. The van der Waals surface area contributed by atoms with Gasteiger partial charge >= 0.3 is 5.97 Å². The van der Waals surface area contributed by atoms with Crippen molar-refractivity contribution >= 4 is 29.2 Å². The monoisotopic (exact) mass is 295 g/mol. The Balaban J connectivity index is 1.85. The van der Waals surface area contributed by atoms with Crippen molar-refractivity contribution in [3.05, 3.63) is 29.3 Å². The summed E-state index contributed by atoms with van der Waals surface area (Å²) in [6, 6.07) is 6.77. The van der Waals surface area contributed by atoms with Gasteiger partial charge in [0.2, 0.25) is 0 Å². The second kappa shape index (κ2) is 6.75. The average Bonchev–Trinajstić information content (AvgIpc) is 2.95. The number of nitrogens with one attached hydrogen (secondary N) is 1. The predicted octanol–water partition coefficient (Wildman–Crippen LogP) is 3.40. The van der Waals surface area contributed by atoms with E-state index in [1.54, 1.807) is 31.2 Å². The molecule has 0 saturated heterocycles. The number of carbonyl (C=O) groups is 2. The molecule has 0 aromatic heterocycles. The zero-order chi connectivity index (χ0) is 14.5. The lowest BCUT2D eigenvalue weighted by Crippen LogP contribution is -2.31. The molecule has 1 N–H and O–H groups in total. The molecule has 5 heteroatoms. The van der Waals surface area contributed by atoms with E-state index in [2.05, 4.69) is 5.32 Å². The first-order valence-corrected chi connectivity index (χ1v) is 7.21. The number of rotatable bonds is 4. The molecule has 4 nitrogen and oxygen atoms in total. The Bertz CT molecular complexity index is 480. The van der Waals surface area contributed by atoms with Gasteiger partial charge in [0, 0.05) is 10.7 Å². The summed E-state index contributed by atoms with van der Waals surface area (Å²) in [7, 11) is 0. The molecule has 1 amide bonds. The average molecular weight is 296 g/mol. The van der Waals surface area contributed by atoms with Crippen LogP contribution in [0.4, 0.5) is 5.69 Å². The largest absolute Gasteiger partial charge is 0.452 e. The van der Waals surface area contributed by atoms with E-state index in [1.165, 1.54) is 0 Å². The third kappa shape index (κ3) is 3.97. The lowest BCUT2D eigenvalue weighted by atomic mass is 10.1. The van der Waals surface area contributed by atoms with Crippen molar-refractivity contribution in [1.29, 1.82) is 0 Å². The van der Waals surface area contributed by atoms with Gasteiger partial charge in [-0.25, -0.2) is 0 Å². The Morgan fingerprint density at radius 3 is 2.45 bits per heavy atom. The Kier molecular flexibility index (Phi) is 5.01. The third-order valence-electron chi connectivity index (χ3n) is 3.46. The molecule has 1 saturated carbocycles. The molecule has 20 heavy (non-hydrogen) atoms. The van der Waals surface area contributed by atoms with Crippen LogP contribution in [0.3, 0.4) is 0 Å². The van der Waals surface area contributed by atoms with Crippen LogP contribution in [0.2, 0.25) is 5.02 Å². The summed E-state index contributed by atoms with van der Waals surface area (Å²) in [5.41, 5.74) is 0.628. The zero-order valence-corrected chi connectivity index (χ0v) is 12.2. The summed E-state index contributed by atoms with van der Waals surface area (Å²) in [4.78, 5) is 23.8. The van der Waals surface area contributed by atoms with Crippen LogP contribution in [-0.4, -0.2) is 18.0 Å². The van der Waals surface area contributed by atoms with Crippen molar-refractivity contribution in [2.45, 2.75) is 38.7 Å². The fraction of sp³-hybridized carbons (Fsp3) is 0.467. The Morgan fingerprint density at radius 1 is 1.25 bits per heavy atom. The number of ether oxygens (including phenoxy) is 1. The molecular weight excluding hydrogens is 278 g/mol. The highest BCUT2D eigenvalue weighted by Crippen LogP contribution is 2.26. The molecule has 2 rings (SSSR count). The third-order valence-corrected chi connectivity index (χ3v) is 3.71. The Morgan fingerprint density at radius 2 is 1.85 bits per heavy atom. The van der Waals surface area contributed by atoms with E-state index in [0.717, 1.165) is 25.7 Å². The first-order valence-electron chi connectivity index (χ1n) is 6.83. The maximum absolute atomic E-state index is 11.9. The Hall–Kier alpha value is -1.55. The summed E-state index contributed by atoms with van der Waals surface area (Å²) in [5, 5.41) is 3.29. The van der Waals surface area contributed by atoms with Crippen molar-refractivity contribution in [1.82, 2.24) is 0 Å². The molecule has 108 valence electrons. The molecule has 0 bridgehead atoms. The molecule has 1 fully saturated rings. The van der Waals surface area contributed by atoms with Crippen LogP contribution in [-0.2, 0) is 14.3 Å². The standard InChI is InChI=1S/C15H18ClNO3/c1-10(20-15(19)11-4-2-3-5-11)14(18)17-13-8-6-12(16)7-9-13/h6-11H,2-5H2,1H3,(H,17,18)/t10-/m1/s1. The fourth-order valence-electron chi connectivity index (χ4n) is 2.26. The van der Waals surface area contributed by atoms with Crippen molar-refractivity contribution < 1.29 is 14.3 Å². The number of carbonyl (C=O) groups excluding carboxylic acids is 2. The van der Waals surface area contributed by atoms with Crippen LogP contribution in [0.1, 0.15) is 32.6 Å². The van der Waals surface area contributed by atoms with Crippen LogP contribution < -0.4 is 5.32 Å². The first kappa shape index (κ1) is 14.9. The number of esters is 1. The molecule has 0 heterocycles. The molecule has 1 aliphatic rings. The van der Waals surface area contributed by atoms with Gasteiger partial charge < -0.3 is 10.1 Å². The molecule has 1 atom stereocenters. The maximum atomic E-state index is 11.9. The van der Waals surface area contributed by atoms with E-state index in [4.69, 9.17) is 16.3 Å². The molecule has 0 aliphatic heterocycles. The molecular formula is C15H18ClNO3. The summed E-state index contributed by atoms with van der Waals surface area (Å²) in [6.45, 7) is 1.58. The summed E-state index contributed by atoms with van der Waals surface area (Å²) in [6.07, 6.45) is 3.06. The minimum absolute atomic E-state index is 0.0409. The number of anilines is 1.